The average molecular weight is 1410 g/mol. The van der Waals surface area contributed by atoms with Crippen molar-refractivity contribution in [2.75, 3.05) is 18.1 Å². The Morgan fingerprint density at radius 3 is 1.51 bits per heavy atom. The molecule has 1 amide bonds. The first-order valence-corrected chi connectivity index (χ1v) is 24.8. The Labute approximate surface area is 456 Å². The Morgan fingerprint density at radius 2 is 1.20 bits per heavy atom. The first-order chi connectivity index (χ1) is 33.4. The van der Waals surface area contributed by atoms with Crippen LogP contribution in [0.2, 0.25) is 10.3 Å². The molecule has 32 heteroatoms. The molecule has 2 radical (unpaired) electrons. The Morgan fingerprint density at radius 1 is 0.817 bits per heavy atom. The Kier molecular flexibility index (Phi) is 18.9. The second-order valence-electron chi connectivity index (χ2n) is 15.9. The Hall–Kier alpha value is -4.31. The normalized spacial score (nSPS) is 18.3. The van der Waals surface area contributed by atoms with E-state index in [1.54, 1.807) is 27.9 Å². The van der Waals surface area contributed by atoms with Crippen molar-refractivity contribution in [1.82, 2.24) is 53.8 Å². The van der Waals surface area contributed by atoms with Gasteiger partial charge in [0.25, 0.3) is 27.8 Å². The van der Waals surface area contributed by atoms with Crippen molar-refractivity contribution in [3.63, 3.8) is 0 Å². The van der Waals surface area contributed by atoms with Gasteiger partial charge in [-0.1, -0.05) is 59.6 Å². The molecule has 2 unspecified atom stereocenters. The predicted molar refractivity (Wildman–Crippen MR) is 255 cm³/mol. The molecule has 2 saturated carbocycles. The maximum atomic E-state index is 13.3. The number of hydrogen-bond acceptors (Lipinski definition) is 14. The van der Waals surface area contributed by atoms with Crippen LogP contribution in [0, 0.1) is 55.8 Å². The van der Waals surface area contributed by atoms with E-state index in [-0.39, 0.29) is 112 Å². The molecule has 71 heavy (non-hydrogen) atoms. The van der Waals surface area contributed by atoms with Gasteiger partial charge in [-0.3, -0.25) is 14.2 Å². The number of aromatic nitrogens is 10. The van der Waals surface area contributed by atoms with Crippen molar-refractivity contribution < 1.29 is 91.1 Å². The summed E-state index contributed by atoms with van der Waals surface area (Å²) in [4.78, 5) is 31.8. The van der Waals surface area contributed by atoms with E-state index in [0.29, 0.717) is 16.3 Å². The average Bonchev–Trinajstić information content (AvgIpc) is 3.77. The topological polar surface area (TPSA) is 276 Å². The van der Waals surface area contributed by atoms with Gasteiger partial charge in [0.05, 0.1) is 45.7 Å². The molecule has 6 aromatic heterocycles. The SMILES string of the molecule is CC1(COc2ccn(-c3ccc(C(=O)O)c(Cl)n3)n2)CC1(F)F.Cc1c(S(=O)(=O)NC(=O)c2ccc(-n3ccc(OCC4(C)CC4(F)F)n3)nc2Cl)cnn1C.Cc1c(S(N)(=O)=O)cnn1C.[2H]CI.[2H][B].[U]. The standard InChI is InChI=1S/C19H19ClF2N6O4S.C14H12ClF2N3O3.C5H9N3O2S.CH3I.BH.U/c1-11-13(8-23-27(11)3)33(30,31)26-17(29)12-4-5-14(24-16(12)20)28-7-6-15(25-28)32-10-18(2)9-19(18,21)22;1-13(6-14(13,16)17)7-23-10-4-5-20(19-10)9-3-2-8(12(21)22)11(15)18-9;1-4-5(11(6,9)10)3-7-8(4)2;1-2;;/h4-8H,9-10H2,1-3H3,(H,26,29);2-5H,6-7H2,1H3,(H,21,22);3H,1-2H3,(H2,6,9,10);1H3;1H;/i;;;2*1D;. The van der Waals surface area contributed by atoms with E-state index in [9.17, 15) is 44.0 Å². The molecule has 0 saturated heterocycles. The summed E-state index contributed by atoms with van der Waals surface area (Å²) in [5.74, 6) is -6.80. The Bertz CT molecular complexity index is 3160. The number of aryl methyl sites for hydroxylation is 2. The molecule has 8 rings (SSSR count). The summed E-state index contributed by atoms with van der Waals surface area (Å²) in [5.41, 5.74) is -1.75. The fourth-order valence-electron chi connectivity index (χ4n) is 5.86. The van der Waals surface area contributed by atoms with E-state index in [1.165, 1.54) is 87.6 Å². The molecule has 382 valence electrons. The number of carbonyl (C=O) groups is 2. The molecular weight excluding hydrogens is 1370 g/mol. The Balaban J connectivity index is 0.000000304. The van der Waals surface area contributed by atoms with E-state index in [4.69, 9.17) is 45.6 Å². The van der Waals surface area contributed by atoms with Gasteiger partial charge < -0.3 is 14.6 Å². The third-order valence-corrected chi connectivity index (χ3v) is 13.8. The largest absolute Gasteiger partial charge is 0.478 e. The first kappa shape index (κ1) is 57.6. The van der Waals surface area contributed by atoms with E-state index in [2.05, 4.69) is 38.7 Å². The number of carbonyl (C=O) groups excluding carboxylic acids is 1. The zero-order valence-corrected chi connectivity index (χ0v) is 47.6. The summed E-state index contributed by atoms with van der Waals surface area (Å²) < 4.78 is 129. The second-order valence-corrected chi connectivity index (χ2v) is 19.8. The van der Waals surface area contributed by atoms with Gasteiger partial charge in [-0.25, -0.2) is 68.4 Å². The summed E-state index contributed by atoms with van der Waals surface area (Å²) in [7, 11) is -0.789. The molecule has 0 spiro atoms. The molecule has 2 fully saturated rings. The summed E-state index contributed by atoms with van der Waals surface area (Å²) in [5, 5.41) is 29.1. The molecule has 0 bridgehead atoms. The number of ether oxygens (including phenoxy) is 2. The number of carboxylic acids is 1. The quantitative estimate of drug-likeness (QED) is 0.0434. The first-order valence-electron chi connectivity index (χ1n) is 20.8. The van der Waals surface area contributed by atoms with Crippen LogP contribution in [0.25, 0.3) is 11.6 Å². The molecular formula is C39H44BCl2F4IN12O9S2U. The number of alkyl halides is 5. The third kappa shape index (κ3) is 14.3. The van der Waals surface area contributed by atoms with Crippen molar-refractivity contribution in [1.29, 1.82) is 1.34 Å². The van der Waals surface area contributed by atoms with Crippen molar-refractivity contribution in [3.05, 3.63) is 94.0 Å². The summed E-state index contributed by atoms with van der Waals surface area (Å²) in [6.45, 7) is 5.76. The van der Waals surface area contributed by atoms with Crippen molar-refractivity contribution in [2.45, 2.75) is 62.2 Å². The number of primary sulfonamides is 1. The van der Waals surface area contributed by atoms with Gasteiger partial charge >= 0.3 is 5.97 Å². The number of sulfonamides is 2. The van der Waals surface area contributed by atoms with E-state index in [0.717, 1.165) is 6.20 Å². The smallest absolute Gasteiger partial charge is 0.338 e. The molecule has 2 atom stereocenters. The van der Waals surface area contributed by atoms with Gasteiger partial charge in [0.1, 0.15) is 33.3 Å². The number of nitrogens with zero attached hydrogens (tertiary/aromatic N) is 10. The number of amides is 1. The van der Waals surface area contributed by atoms with Crippen molar-refractivity contribution in [3.8, 4) is 23.4 Å². The fourth-order valence-corrected chi connectivity index (χ4v) is 8.24. The maximum Gasteiger partial charge on any atom is 0.338 e. The van der Waals surface area contributed by atoms with Gasteiger partial charge in [-0.2, -0.15) is 10.2 Å². The molecule has 0 aliphatic heterocycles. The predicted octanol–water partition coefficient (Wildman–Crippen LogP) is 5.33. The molecule has 6 heterocycles. The minimum absolute atomic E-state index is 0. The number of nitrogens with one attached hydrogen (secondary N) is 1. The van der Waals surface area contributed by atoms with Gasteiger partial charge in [-0.05, 0) is 44.4 Å². The molecule has 2 aliphatic rings. The number of nitrogens with two attached hydrogens (primary N) is 1. The number of halogens is 7. The maximum absolute atomic E-state index is 13.3. The number of rotatable bonds is 13. The van der Waals surface area contributed by atoms with Crippen molar-refractivity contribution >= 4 is 86.1 Å². The van der Waals surface area contributed by atoms with Gasteiger partial charge in [0.2, 0.25) is 21.8 Å². The van der Waals surface area contributed by atoms with Gasteiger partial charge in [-0.15, -0.1) is 10.2 Å². The molecule has 21 nitrogen and oxygen atoms in total. The zero-order chi connectivity index (χ0) is 54.4. The van der Waals surface area contributed by atoms with Crippen LogP contribution in [0.15, 0.2) is 71.0 Å². The van der Waals surface area contributed by atoms with Crippen LogP contribution >= 0.6 is 45.8 Å². The molecule has 0 aromatic carbocycles. The minimum Gasteiger partial charge on any atom is -0.478 e. The van der Waals surface area contributed by atoms with E-state index in [1.807, 2.05) is 27.3 Å². The van der Waals surface area contributed by atoms with Crippen molar-refractivity contribution in [2.24, 2.45) is 30.1 Å². The summed E-state index contributed by atoms with van der Waals surface area (Å²) in [6.07, 6.45) is 4.94. The molecule has 4 N–H and O–H groups in total. The van der Waals surface area contributed by atoms with Crippen LogP contribution in [-0.2, 0) is 34.1 Å². The zero-order valence-electron chi connectivity index (χ0n) is 40.1. The third-order valence-electron chi connectivity index (χ3n) is 10.8. The number of hydrogen-bond donors (Lipinski definition) is 3. The second kappa shape index (κ2) is 23.3. The van der Waals surface area contributed by atoms with E-state index < -0.39 is 54.6 Å². The summed E-state index contributed by atoms with van der Waals surface area (Å²) in [6, 6.07) is 8.41. The van der Waals surface area contributed by atoms with Crippen LogP contribution in [0.5, 0.6) is 11.8 Å². The van der Waals surface area contributed by atoms with Crippen LogP contribution in [0.3, 0.4) is 0 Å². The van der Waals surface area contributed by atoms with Gasteiger partial charge in [0, 0.05) is 92.3 Å². The van der Waals surface area contributed by atoms with Crippen LogP contribution < -0.4 is 19.3 Å². The number of aromatic carboxylic acids is 1. The number of carboxylic acid groups (broad SMARTS) is 1. The van der Waals surface area contributed by atoms with Gasteiger partial charge in [0.15, 0.2) is 11.6 Å². The monoisotopic (exact) mass is 1410 g/mol. The fraction of sp³-hybridized carbons (Fsp3) is 0.385. The molecule has 6 aromatic rings. The number of pyridine rings is 2. The van der Waals surface area contributed by atoms with Crippen LogP contribution in [0.4, 0.5) is 17.6 Å². The van der Waals surface area contributed by atoms with Crippen LogP contribution in [-0.4, -0.2) is 123 Å². The summed E-state index contributed by atoms with van der Waals surface area (Å²) >= 11 is 13.9. The molecule has 2 aliphatic carbocycles. The minimum atomic E-state index is -4.17. The van der Waals surface area contributed by atoms with E-state index >= 15 is 0 Å². The van der Waals surface area contributed by atoms with Crippen LogP contribution in [0.1, 0.15) is 60.2 Å².